The number of hydrogen-bond donors (Lipinski definition) is 2. The van der Waals surface area contributed by atoms with Gasteiger partial charge in [-0.3, -0.25) is 10.1 Å². The first-order chi connectivity index (χ1) is 9.29. The number of aliphatic hydroxyl groups excluding tert-OH is 1. The lowest BCUT2D eigenvalue weighted by molar-refractivity contribution is 0.102. The van der Waals surface area contributed by atoms with Gasteiger partial charge in [0.15, 0.2) is 0 Å². The summed E-state index contributed by atoms with van der Waals surface area (Å²) in [5, 5.41) is 18.2. The topological polar surface area (TPSA) is 101 Å². The minimum absolute atomic E-state index is 0.110. The normalized spacial score (nSPS) is 9.32. The number of carbonyl (C=O) groups is 1. The van der Waals surface area contributed by atoms with Gasteiger partial charge in [-0.25, -0.2) is 9.97 Å². The molecule has 0 radical (unpaired) electrons. The molecule has 2 heterocycles. The average Bonchev–Trinajstić information content (AvgIpc) is 2.46. The Bertz CT molecular complexity index is 616. The van der Waals surface area contributed by atoms with E-state index < -0.39 is 5.91 Å². The summed E-state index contributed by atoms with van der Waals surface area (Å²) in [6.45, 7) is -0.222. The maximum Gasteiger partial charge on any atom is 0.276 e. The second kappa shape index (κ2) is 6.18. The van der Waals surface area contributed by atoms with E-state index in [-0.39, 0.29) is 18.2 Å². The molecule has 0 saturated carbocycles. The highest BCUT2D eigenvalue weighted by Crippen LogP contribution is 2.02. The Labute approximate surface area is 108 Å². The third-order valence-corrected chi connectivity index (χ3v) is 2.02. The van der Waals surface area contributed by atoms with Crippen molar-refractivity contribution in [1.29, 1.82) is 0 Å². The summed E-state index contributed by atoms with van der Waals surface area (Å²) in [5.41, 5.74) is 0.824. The first-order valence-corrected chi connectivity index (χ1v) is 5.30. The van der Waals surface area contributed by atoms with Crippen LogP contribution in [0, 0.1) is 11.8 Å². The van der Waals surface area contributed by atoms with Crippen LogP contribution >= 0.6 is 0 Å². The molecule has 0 bridgehead atoms. The number of carbonyl (C=O) groups excluding carboxylic acids is 1. The van der Waals surface area contributed by atoms with Gasteiger partial charge in [0.25, 0.3) is 5.91 Å². The molecular weight excluding hydrogens is 246 g/mol. The van der Waals surface area contributed by atoms with Crippen LogP contribution < -0.4 is 5.32 Å². The molecular formula is C12H9N5O2. The minimum atomic E-state index is -0.435. The highest BCUT2D eigenvalue weighted by Gasteiger charge is 2.08. The van der Waals surface area contributed by atoms with E-state index in [4.69, 9.17) is 5.11 Å². The third-order valence-electron chi connectivity index (χ3n) is 2.02. The predicted molar refractivity (Wildman–Crippen MR) is 66.0 cm³/mol. The lowest BCUT2D eigenvalue weighted by Crippen LogP contribution is -2.15. The first-order valence-electron chi connectivity index (χ1n) is 5.30. The van der Waals surface area contributed by atoms with Crippen molar-refractivity contribution in [2.45, 2.75) is 0 Å². The van der Waals surface area contributed by atoms with E-state index in [1.165, 1.54) is 24.7 Å². The first kappa shape index (κ1) is 12.6. The molecule has 2 aromatic heterocycles. The lowest BCUT2D eigenvalue weighted by atomic mass is 10.2. The molecule has 2 aromatic rings. The number of hydrogen-bond acceptors (Lipinski definition) is 6. The average molecular weight is 255 g/mol. The van der Waals surface area contributed by atoms with Crippen LogP contribution in [0.15, 0.2) is 30.7 Å². The molecule has 0 atom stereocenters. The molecule has 1 amide bonds. The number of rotatable bonds is 2. The Morgan fingerprint density at radius 3 is 2.84 bits per heavy atom. The maximum atomic E-state index is 11.8. The number of amides is 1. The zero-order valence-electron chi connectivity index (χ0n) is 9.74. The monoisotopic (exact) mass is 255 g/mol. The van der Waals surface area contributed by atoms with E-state index in [1.807, 2.05) is 0 Å². The quantitative estimate of drug-likeness (QED) is 0.724. The Morgan fingerprint density at radius 1 is 1.32 bits per heavy atom. The zero-order valence-corrected chi connectivity index (χ0v) is 9.74. The summed E-state index contributed by atoms with van der Waals surface area (Å²) in [7, 11) is 0. The van der Waals surface area contributed by atoms with Crippen LogP contribution in [-0.2, 0) is 0 Å². The van der Waals surface area contributed by atoms with Gasteiger partial charge in [0.05, 0.1) is 12.4 Å². The fourth-order valence-electron chi connectivity index (χ4n) is 1.21. The maximum absolute atomic E-state index is 11.8. The standard InChI is InChI=1S/C12H9N5O2/c18-7-1-2-9-3-4-10(14-8-9)11(19)16-12-13-5-6-15-17-12/h3-6,8,18H,7H2,(H,13,16,17,19). The molecule has 0 aliphatic carbocycles. The molecule has 0 aromatic carbocycles. The van der Waals surface area contributed by atoms with Crippen LogP contribution in [0.5, 0.6) is 0 Å². The van der Waals surface area contributed by atoms with Crippen molar-refractivity contribution in [1.82, 2.24) is 20.2 Å². The van der Waals surface area contributed by atoms with Crippen LogP contribution in [0.4, 0.5) is 5.95 Å². The van der Waals surface area contributed by atoms with Gasteiger partial charge < -0.3 is 5.11 Å². The molecule has 94 valence electrons. The third kappa shape index (κ3) is 3.55. The molecule has 0 unspecified atom stereocenters. The molecule has 7 nitrogen and oxygen atoms in total. The van der Waals surface area contributed by atoms with Crippen molar-refractivity contribution >= 4 is 11.9 Å². The lowest BCUT2D eigenvalue weighted by Gasteiger charge is -2.01. The smallest absolute Gasteiger partial charge is 0.276 e. The Hall–Kier alpha value is -2.85. The summed E-state index contributed by atoms with van der Waals surface area (Å²) in [6, 6.07) is 3.15. The Balaban J connectivity index is 2.08. The molecule has 0 aliphatic rings. The second-order valence-electron chi connectivity index (χ2n) is 3.31. The number of anilines is 1. The number of nitrogens with zero attached hydrogens (tertiary/aromatic N) is 4. The highest BCUT2D eigenvalue weighted by molar-refractivity contribution is 6.01. The van der Waals surface area contributed by atoms with E-state index in [1.54, 1.807) is 6.07 Å². The minimum Gasteiger partial charge on any atom is -0.384 e. The van der Waals surface area contributed by atoms with Crippen LogP contribution in [0.3, 0.4) is 0 Å². The van der Waals surface area contributed by atoms with Gasteiger partial charge in [-0.15, -0.1) is 5.10 Å². The van der Waals surface area contributed by atoms with E-state index in [2.05, 4.69) is 37.3 Å². The fraction of sp³-hybridized carbons (Fsp3) is 0.0833. The number of aromatic nitrogens is 4. The highest BCUT2D eigenvalue weighted by atomic mass is 16.2. The van der Waals surface area contributed by atoms with Crippen molar-refractivity contribution in [3.63, 3.8) is 0 Å². The molecule has 0 fully saturated rings. The Morgan fingerprint density at radius 2 is 2.21 bits per heavy atom. The number of pyridine rings is 1. The van der Waals surface area contributed by atoms with Crippen molar-refractivity contribution in [3.05, 3.63) is 42.0 Å². The van der Waals surface area contributed by atoms with Crippen LogP contribution in [0.2, 0.25) is 0 Å². The summed E-state index contributed by atoms with van der Waals surface area (Å²) in [6.07, 6.45) is 4.27. The van der Waals surface area contributed by atoms with Crippen molar-refractivity contribution in [2.24, 2.45) is 0 Å². The van der Waals surface area contributed by atoms with Crippen molar-refractivity contribution < 1.29 is 9.90 Å². The number of aliphatic hydroxyl groups is 1. The molecule has 19 heavy (non-hydrogen) atoms. The molecule has 2 rings (SSSR count). The van der Waals surface area contributed by atoms with Gasteiger partial charge in [-0.05, 0) is 12.1 Å². The number of nitrogens with one attached hydrogen (secondary N) is 1. The summed E-state index contributed by atoms with van der Waals surface area (Å²) in [5.74, 6) is 4.85. The van der Waals surface area contributed by atoms with Crippen LogP contribution in [-0.4, -0.2) is 37.8 Å². The largest absolute Gasteiger partial charge is 0.384 e. The van der Waals surface area contributed by atoms with Crippen molar-refractivity contribution in [3.8, 4) is 11.8 Å². The van der Waals surface area contributed by atoms with E-state index in [0.29, 0.717) is 5.56 Å². The van der Waals surface area contributed by atoms with Crippen LogP contribution in [0.25, 0.3) is 0 Å². The van der Waals surface area contributed by atoms with Crippen LogP contribution in [0.1, 0.15) is 16.1 Å². The Kier molecular flexibility index (Phi) is 4.10. The molecule has 0 saturated heterocycles. The van der Waals surface area contributed by atoms with E-state index in [9.17, 15) is 4.79 Å². The van der Waals surface area contributed by atoms with E-state index in [0.717, 1.165) is 0 Å². The molecule has 0 aliphatic heterocycles. The zero-order chi connectivity index (χ0) is 13.5. The van der Waals surface area contributed by atoms with Gasteiger partial charge in [0, 0.05) is 11.8 Å². The fourth-order valence-corrected chi connectivity index (χ4v) is 1.21. The van der Waals surface area contributed by atoms with E-state index >= 15 is 0 Å². The predicted octanol–water partition coefficient (Wildman–Crippen LogP) is -0.137. The SMILES string of the molecule is O=C(Nc1nccnn1)c1ccc(C#CCO)cn1. The second-order valence-corrected chi connectivity index (χ2v) is 3.31. The van der Waals surface area contributed by atoms with Gasteiger partial charge in [-0.2, -0.15) is 5.10 Å². The summed E-state index contributed by atoms with van der Waals surface area (Å²) >= 11 is 0. The van der Waals surface area contributed by atoms with Gasteiger partial charge in [-0.1, -0.05) is 11.8 Å². The molecule has 2 N–H and O–H groups in total. The molecule has 0 spiro atoms. The van der Waals surface area contributed by atoms with Crippen molar-refractivity contribution in [2.75, 3.05) is 11.9 Å². The van der Waals surface area contributed by atoms with Gasteiger partial charge >= 0.3 is 0 Å². The molecule has 7 heteroatoms. The summed E-state index contributed by atoms with van der Waals surface area (Å²) < 4.78 is 0. The van der Waals surface area contributed by atoms with Gasteiger partial charge in [0.1, 0.15) is 12.3 Å². The van der Waals surface area contributed by atoms with Gasteiger partial charge in [0.2, 0.25) is 5.95 Å². The summed E-state index contributed by atoms with van der Waals surface area (Å²) in [4.78, 5) is 19.6.